The van der Waals surface area contributed by atoms with E-state index >= 15 is 0 Å². The van der Waals surface area contributed by atoms with Crippen molar-refractivity contribution in [2.45, 2.75) is 0 Å². The minimum absolute atomic E-state index is 0.0235. The molecule has 1 rings (SSSR count). The van der Waals surface area contributed by atoms with Crippen LogP contribution in [-0.2, 0) is 9.53 Å². The van der Waals surface area contributed by atoms with Crippen LogP contribution in [0.3, 0.4) is 0 Å². The Kier molecular flexibility index (Phi) is 5.20. The molecule has 0 aliphatic carbocycles. The molecule has 5 heteroatoms. The number of benzene rings is 1. The summed E-state index contributed by atoms with van der Waals surface area (Å²) >= 11 is 0. The fourth-order valence-electron chi connectivity index (χ4n) is 1.46. The van der Waals surface area contributed by atoms with E-state index in [0.29, 0.717) is 17.1 Å². The monoisotopic (exact) mass is 252 g/mol. The average molecular weight is 252 g/mol. The fraction of sp³-hybridized carbons (Fsp3) is 0.308. The smallest absolute Gasteiger partial charge is 0.333 e. The molecule has 1 N–H and O–H groups in total. The molecule has 0 atom stereocenters. The fourth-order valence-corrected chi connectivity index (χ4v) is 1.46. The van der Waals surface area contributed by atoms with Gasteiger partial charge in [0, 0.05) is 12.7 Å². The molecule has 1 aromatic rings. The second-order valence-electron chi connectivity index (χ2n) is 3.52. The van der Waals surface area contributed by atoms with E-state index in [4.69, 9.17) is 19.3 Å². The lowest BCUT2D eigenvalue weighted by molar-refractivity contribution is -0.133. The molecule has 0 bridgehead atoms. The van der Waals surface area contributed by atoms with Crippen LogP contribution in [0.5, 0.6) is 11.5 Å². The van der Waals surface area contributed by atoms with Crippen molar-refractivity contribution < 1.29 is 24.1 Å². The van der Waals surface area contributed by atoms with E-state index < -0.39 is 5.97 Å². The number of carboxylic acids is 1. The first-order chi connectivity index (χ1) is 8.62. The molecule has 0 aromatic heterocycles. The van der Waals surface area contributed by atoms with Crippen LogP contribution >= 0.6 is 0 Å². The Hall–Kier alpha value is -2.01. The molecule has 0 fully saturated rings. The maximum absolute atomic E-state index is 11.0. The van der Waals surface area contributed by atoms with Crippen LogP contribution in [0, 0.1) is 0 Å². The van der Waals surface area contributed by atoms with Crippen LogP contribution < -0.4 is 9.47 Å². The summed E-state index contributed by atoms with van der Waals surface area (Å²) in [7, 11) is 4.51. The number of methoxy groups -OCH3 is 3. The van der Waals surface area contributed by atoms with E-state index in [1.165, 1.54) is 20.3 Å². The summed E-state index contributed by atoms with van der Waals surface area (Å²) in [6.07, 6.45) is 1.51. The molecule has 0 radical (unpaired) electrons. The van der Waals surface area contributed by atoms with Gasteiger partial charge < -0.3 is 19.3 Å². The van der Waals surface area contributed by atoms with Crippen molar-refractivity contribution in [2.75, 3.05) is 27.9 Å². The molecule has 0 amide bonds. The Morgan fingerprint density at radius 1 is 1.28 bits per heavy atom. The highest BCUT2D eigenvalue weighted by Gasteiger charge is 2.10. The van der Waals surface area contributed by atoms with Crippen molar-refractivity contribution in [1.29, 1.82) is 0 Å². The normalized spacial score (nSPS) is 11.2. The van der Waals surface area contributed by atoms with Gasteiger partial charge in [-0.15, -0.1) is 0 Å². The minimum atomic E-state index is -1.03. The highest BCUT2D eigenvalue weighted by molar-refractivity contribution is 5.93. The molecule has 0 saturated carbocycles. The van der Waals surface area contributed by atoms with Crippen LogP contribution in [0.4, 0.5) is 0 Å². The van der Waals surface area contributed by atoms with Gasteiger partial charge in [0.25, 0.3) is 0 Å². The first kappa shape index (κ1) is 14.1. The lowest BCUT2D eigenvalue weighted by Gasteiger charge is -2.08. The summed E-state index contributed by atoms with van der Waals surface area (Å²) < 4.78 is 15.1. The molecule has 18 heavy (non-hydrogen) atoms. The maximum atomic E-state index is 11.0. The third-order valence-electron chi connectivity index (χ3n) is 2.34. The van der Waals surface area contributed by atoms with Gasteiger partial charge in [-0.05, 0) is 24.3 Å². The van der Waals surface area contributed by atoms with Crippen molar-refractivity contribution in [1.82, 2.24) is 0 Å². The average Bonchev–Trinajstić information content (AvgIpc) is 2.37. The Bertz CT molecular complexity index is 451. The highest BCUT2D eigenvalue weighted by atomic mass is 16.5. The maximum Gasteiger partial charge on any atom is 0.333 e. The first-order valence-corrected chi connectivity index (χ1v) is 5.27. The van der Waals surface area contributed by atoms with Gasteiger partial charge in [-0.3, -0.25) is 0 Å². The van der Waals surface area contributed by atoms with Gasteiger partial charge >= 0.3 is 5.97 Å². The molecule has 0 aliphatic rings. The Labute approximate surface area is 106 Å². The van der Waals surface area contributed by atoms with Crippen LogP contribution in [0.25, 0.3) is 6.08 Å². The van der Waals surface area contributed by atoms with Gasteiger partial charge in [-0.1, -0.05) is 0 Å². The Morgan fingerprint density at radius 2 is 2.00 bits per heavy atom. The van der Waals surface area contributed by atoms with E-state index in [1.807, 2.05) is 0 Å². The quantitative estimate of drug-likeness (QED) is 0.782. The zero-order valence-corrected chi connectivity index (χ0v) is 10.6. The number of carboxylic acid groups (broad SMARTS) is 1. The van der Waals surface area contributed by atoms with Gasteiger partial charge in [-0.25, -0.2) is 4.79 Å². The zero-order chi connectivity index (χ0) is 13.5. The third-order valence-corrected chi connectivity index (χ3v) is 2.34. The van der Waals surface area contributed by atoms with E-state index in [2.05, 4.69) is 0 Å². The Balaban J connectivity index is 3.20. The van der Waals surface area contributed by atoms with E-state index in [0.717, 1.165) is 0 Å². The Morgan fingerprint density at radius 3 is 2.50 bits per heavy atom. The van der Waals surface area contributed by atoms with Crippen molar-refractivity contribution in [2.24, 2.45) is 0 Å². The van der Waals surface area contributed by atoms with Gasteiger partial charge in [0.1, 0.15) is 11.5 Å². The third kappa shape index (κ3) is 3.49. The van der Waals surface area contributed by atoms with Crippen molar-refractivity contribution in [3.8, 4) is 11.5 Å². The minimum Gasteiger partial charge on any atom is -0.497 e. The summed E-state index contributed by atoms with van der Waals surface area (Å²) in [6.45, 7) is 0.0235. The van der Waals surface area contributed by atoms with Crippen LogP contribution in [0.1, 0.15) is 5.56 Å². The molecular formula is C13H16O5. The molecule has 1 aromatic carbocycles. The lowest BCUT2D eigenvalue weighted by Crippen LogP contribution is -2.06. The number of hydrogen-bond donors (Lipinski definition) is 1. The zero-order valence-electron chi connectivity index (χ0n) is 10.6. The number of rotatable bonds is 6. The van der Waals surface area contributed by atoms with E-state index in [1.54, 1.807) is 25.3 Å². The molecule has 0 heterocycles. The first-order valence-electron chi connectivity index (χ1n) is 5.27. The SMILES string of the molecule is COC/C(=C\c1cc(OC)ccc1OC)C(=O)O. The van der Waals surface area contributed by atoms with E-state index in [-0.39, 0.29) is 12.2 Å². The molecule has 0 saturated heterocycles. The van der Waals surface area contributed by atoms with Gasteiger partial charge in [-0.2, -0.15) is 0 Å². The summed E-state index contributed by atoms with van der Waals surface area (Å²) in [5.41, 5.74) is 0.773. The predicted octanol–water partition coefficient (Wildman–Crippen LogP) is 1.82. The van der Waals surface area contributed by atoms with Crippen molar-refractivity contribution in [3.63, 3.8) is 0 Å². The number of hydrogen-bond acceptors (Lipinski definition) is 4. The molecule has 98 valence electrons. The molecule has 0 spiro atoms. The van der Waals surface area contributed by atoms with Gasteiger partial charge in [0.2, 0.25) is 0 Å². The number of carbonyl (C=O) groups is 1. The molecule has 0 unspecified atom stereocenters. The van der Waals surface area contributed by atoms with Gasteiger partial charge in [0.15, 0.2) is 0 Å². The molecule has 5 nitrogen and oxygen atoms in total. The van der Waals surface area contributed by atoms with E-state index in [9.17, 15) is 4.79 Å². The summed E-state index contributed by atoms with van der Waals surface area (Å²) in [6, 6.07) is 5.17. The second-order valence-corrected chi connectivity index (χ2v) is 3.52. The van der Waals surface area contributed by atoms with Crippen LogP contribution in [0.2, 0.25) is 0 Å². The lowest BCUT2D eigenvalue weighted by atomic mass is 10.1. The topological polar surface area (TPSA) is 65.0 Å². The van der Waals surface area contributed by atoms with Crippen molar-refractivity contribution in [3.05, 3.63) is 29.3 Å². The summed E-state index contributed by atoms with van der Waals surface area (Å²) in [5, 5.41) is 9.04. The second kappa shape index (κ2) is 6.66. The number of ether oxygens (including phenoxy) is 3. The number of aliphatic carboxylic acids is 1. The predicted molar refractivity (Wildman–Crippen MR) is 67.0 cm³/mol. The van der Waals surface area contributed by atoms with Crippen molar-refractivity contribution >= 4 is 12.0 Å². The summed E-state index contributed by atoms with van der Waals surface area (Å²) in [5.74, 6) is 0.177. The molecule has 0 aliphatic heterocycles. The van der Waals surface area contributed by atoms with Gasteiger partial charge in [0.05, 0.1) is 26.4 Å². The molecular weight excluding hydrogens is 236 g/mol. The van der Waals surface area contributed by atoms with Crippen LogP contribution in [-0.4, -0.2) is 39.0 Å². The largest absolute Gasteiger partial charge is 0.497 e. The standard InChI is InChI=1S/C13H16O5/c1-16-8-10(13(14)15)6-9-7-11(17-2)4-5-12(9)18-3/h4-7H,8H2,1-3H3,(H,14,15)/b10-6+. The summed E-state index contributed by atoms with van der Waals surface area (Å²) in [4.78, 5) is 11.0. The van der Waals surface area contributed by atoms with Crippen LogP contribution in [0.15, 0.2) is 23.8 Å². The highest BCUT2D eigenvalue weighted by Crippen LogP contribution is 2.26.